The first-order valence-corrected chi connectivity index (χ1v) is 7.60. The lowest BCUT2D eigenvalue weighted by Crippen LogP contribution is -2.63. The van der Waals surface area contributed by atoms with Gasteiger partial charge in [0, 0.05) is 18.1 Å². The first kappa shape index (κ1) is 13.4. The molecule has 100 valence electrons. The second kappa shape index (κ2) is 5.71. The molecule has 2 aliphatic carbocycles. The third kappa shape index (κ3) is 2.53. The van der Waals surface area contributed by atoms with Crippen molar-refractivity contribution in [1.29, 1.82) is 0 Å². The Hall–Kier alpha value is -0.0800. The summed E-state index contributed by atoms with van der Waals surface area (Å²) in [6, 6.07) is 0.412. The van der Waals surface area contributed by atoms with Crippen molar-refractivity contribution >= 4 is 0 Å². The first-order valence-electron chi connectivity index (χ1n) is 7.60. The van der Waals surface area contributed by atoms with E-state index in [0.717, 1.165) is 18.9 Å². The van der Waals surface area contributed by atoms with Gasteiger partial charge < -0.3 is 10.5 Å². The van der Waals surface area contributed by atoms with E-state index < -0.39 is 0 Å². The summed E-state index contributed by atoms with van der Waals surface area (Å²) in [7, 11) is 0. The van der Waals surface area contributed by atoms with Crippen LogP contribution in [-0.2, 0) is 4.74 Å². The fourth-order valence-electron chi connectivity index (χ4n) is 3.69. The molecular weight excluding hydrogens is 210 g/mol. The largest absolute Gasteiger partial charge is 0.377 e. The van der Waals surface area contributed by atoms with Gasteiger partial charge >= 0.3 is 0 Å². The van der Waals surface area contributed by atoms with E-state index in [-0.39, 0.29) is 0 Å². The summed E-state index contributed by atoms with van der Waals surface area (Å²) in [5, 5.41) is 0. The minimum atomic E-state index is 0.365. The van der Waals surface area contributed by atoms with Crippen molar-refractivity contribution in [2.45, 2.75) is 77.4 Å². The molecule has 0 bridgehead atoms. The van der Waals surface area contributed by atoms with Crippen molar-refractivity contribution in [3.63, 3.8) is 0 Å². The average Bonchev–Trinajstić information content (AvgIpc) is 2.39. The van der Waals surface area contributed by atoms with Gasteiger partial charge in [-0.15, -0.1) is 0 Å². The van der Waals surface area contributed by atoms with Crippen LogP contribution in [0.5, 0.6) is 0 Å². The van der Waals surface area contributed by atoms with Crippen LogP contribution in [0, 0.1) is 11.3 Å². The first-order chi connectivity index (χ1) is 8.23. The molecule has 17 heavy (non-hydrogen) atoms. The Labute approximate surface area is 106 Å². The highest BCUT2D eigenvalue weighted by atomic mass is 16.5. The molecule has 2 nitrogen and oxygen atoms in total. The van der Waals surface area contributed by atoms with E-state index in [1.54, 1.807) is 0 Å². The molecule has 2 unspecified atom stereocenters. The predicted octanol–water partition coefficient (Wildman–Crippen LogP) is 3.49. The normalized spacial score (nSPS) is 31.8. The Bertz CT molecular complexity index is 231. The maximum atomic E-state index is 6.27. The Morgan fingerprint density at radius 2 is 1.82 bits per heavy atom. The van der Waals surface area contributed by atoms with Crippen LogP contribution in [-0.4, -0.2) is 18.8 Å². The molecule has 0 aromatic rings. The SMILES string of the molecule is CCC(CC)COC1CC(N)C12CCCCC2. The lowest BCUT2D eigenvalue weighted by Gasteiger charge is -2.56. The van der Waals surface area contributed by atoms with Gasteiger partial charge in [-0.1, -0.05) is 46.0 Å². The highest BCUT2D eigenvalue weighted by molar-refractivity contribution is 5.07. The average molecular weight is 239 g/mol. The monoisotopic (exact) mass is 239 g/mol. The number of hydrogen-bond acceptors (Lipinski definition) is 2. The quantitative estimate of drug-likeness (QED) is 0.797. The van der Waals surface area contributed by atoms with Crippen LogP contribution in [0.3, 0.4) is 0 Å². The minimum absolute atomic E-state index is 0.365. The van der Waals surface area contributed by atoms with Gasteiger partial charge in [-0.2, -0.15) is 0 Å². The van der Waals surface area contributed by atoms with E-state index in [9.17, 15) is 0 Å². The van der Waals surface area contributed by atoms with Gasteiger partial charge in [0.15, 0.2) is 0 Å². The maximum Gasteiger partial charge on any atom is 0.0661 e. The van der Waals surface area contributed by atoms with Crippen LogP contribution in [0.15, 0.2) is 0 Å². The molecular formula is C15H29NO. The Morgan fingerprint density at radius 1 is 1.18 bits per heavy atom. The third-order valence-electron chi connectivity index (χ3n) is 5.32. The zero-order valence-corrected chi connectivity index (χ0v) is 11.6. The molecule has 2 heteroatoms. The molecule has 0 heterocycles. The molecule has 0 radical (unpaired) electrons. The highest BCUT2D eigenvalue weighted by Gasteiger charge is 2.53. The van der Waals surface area contributed by atoms with Crippen molar-refractivity contribution < 1.29 is 4.74 Å². The summed E-state index contributed by atoms with van der Waals surface area (Å²) in [4.78, 5) is 0. The molecule has 2 saturated carbocycles. The van der Waals surface area contributed by atoms with Crippen LogP contribution in [0.25, 0.3) is 0 Å². The van der Waals surface area contributed by atoms with Crippen LogP contribution < -0.4 is 5.73 Å². The van der Waals surface area contributed by atoms with Gasteiger partial charge in [0.05, 0.1) is 6.10 Å². The number of hydrogen-bond donors (Lipinski definition) is 1. The highest BCUT2D eigenvalue weighted by Crippen LogP contribution is 2.52. The zero-order valence-electron chi connectivity index (χ0n) is 11.6. The fraction of sp³-hybridized carbons (Fsp3) is 1.00. The predicted molar refractivity (Wildman–Crippen MR) is 71.9 cm³/mol. The second-order valence-electron chi connectivity index (χ2n) is 6.14. The zero-order chi connectivity index (χ0) is 12.3. The van der Waals surface area contributed by atoms with E-state index >= 15 is 0 Å². The molecule has 0 aromatic carbocycles. The van der Waals surface area contributed by atoms with Gasteiger partial charge in [0.1, 0.15) is 0 Å². The molecule has 1 spiro atoms. The molecule has 0 amide bonds. The van der Waals surface area contributed by atoms with Crippen LogP contribution in [0.2, 0.25) is 0 Å². The molecule has 2 fully saturated rings. The Balaban J connectivity index is 1.84. The number of ether oxygens (including phenoxy) is 1. The van der Waals surface area contributed by atoms with Gasteiger partial charge in [-0.05, 0) is 25.2 Å². The Kier molecular flexibility index (Phi) is 4.48. The van der Waals surface area contributed by atoms with Crippen LogP contribution in [0.4, 0.5) is 0 Å². The van der Waals surface area contributed by atoms with Crippen LogP contribution >= 0.6 is 0 Å². The van der Waals surface area contributed by atoms with Crippen molar-refractivity contribution in [3.8, 4) is 0 Å². The van der Waals surface area contributed by atoms with Crippen LogP contribution in [0.1, 0.15) is 65.2 Å². The minimum Gasteiger partial charge on any atom is -0.377 e. The van der Waals surface area contributed by atoms with Crippen molar-refractivity contribution in [3.05, 3.63) is 0 Å². The smallest absolute Gasteiger partial charge is 0.0661 e. The fourth-order valence-corrected chi connectivity index (χ4v) is 3.69. The molecule has 0 aliphatic heterocycles. The summed E-state index contributed by atoms with van der Waals surface area (Å²) in [5.41, 5.74) is 6.64. The molecule has 2 aliphatic rings. The van der Waals surface area contributed by atoms with Gasteiger partial charge in [0.25, 0.3) is 0 Å². The van der Waals surface area contributed by atoms with E-state index in [2.05, 4.69) is 13.8 Å². The van der Waals surface area contributed by atoms with E-state index in [0.29, 0.717) is 17.6 Å². The second-order valence-corrected chi connectivity index (χ2v) is 6.14. The molecule has 2 rings (SSSR count). The Morgan fingerprint density at radius 3 is 2.35 bits per heavy atom. The third-order valence-corrected chi connectivity index (χ3v) is 5.32. The molecule has 0 saturated heterocycles. The number of rotatable bonds is 5. The van der Waals surface area contributed by atoms with Crippen molar-refractivity contribution in [2.75, 3.05) is 6.61 Å². The van der Waals surface area contributed by atoms with Gasteiger partial charge in [0.2, 0.25) is 0 Å². The summed E-state index contributed by atoms with van der Waals surface area (Å²) in [6.45, 7) is 5.48. The van der Waals surface area contributed by atoms with Gasteiger partial charge in [-0.25, -0.2) is 0 Å². The van der Waals surface area contributed by atoms with E-state index in [4.69, 9.17) is 10.5 Å². The van der Waals surface area contributed by atoms with Gasteiger partial charge in [-0.3, -0.25) is 0 Å². The van der Waals surface area contributed by atoms with Crippen molar-refractivity contribution in [1.82, 2.24) is 0 Å². The standard InChI is InChI=1S/C15H29NO/c1-3-12(4-2)11-17-14-10-13(16)15(14)8-6-5-7-9-15/h12-14H,3-11,16H2,1-2H3. The summed E-state index contributed by atoms with van der Waals surface area (Å²) < 4.78 is 6.21. The summed E-state index contributed by atoms with van der Waals surface area (Å²) in [5.74, 6) is 0.743. The lowest BCUT2D eigenvalue weighted by atomic mass is 9.55. The van der Waals surface area contributed by atoms with E-state index in [1.807, 2.05) is 0 Å². The lowest BCUT2D eigenvalue weighted by molar-refractivity contribution is -0.150. The number of nitrogens with two attached hydrogens (primary N) is 1. The topological polar surface area (TPSA) is 35.2 Å². The molecule has 2 atom stereocenters. The summed E-state index contributed by atoms with van der Waals surface area (Å²) in [6.07, 6.45) is 10.8. The van der Waals surface area contributed by atoms with Crippen molar-refractivity contribution in [2.24, 2.45) is 17.1 Å². The molecule has 2 N–H and O–H groups in total. The molecule has 0 aromatic heterocycles. The van der Waals surface area contributed by atoms with E-state index in [1.165, 1.54) is 44.9 Å². The maximum absolute atomic E-state index is 6.27. The summed E-state index contributed by atoms with van der Waals surface area (Å²) >= 11 is 0.